The molecule has 0 saturated heterocycles. The molecule has 1 saturated carbocycles. The van der Waals surface area contributed by atoms with Crippen LogP contribution < -0.4 is 5.32 Å². The van der Waals surface area contributed by atoms with Crippen molar-refractivity contribution in [1.82, 2.24) is 15.1 Å². The van der Waals surface area contributed by atoms with Crippen molar-refractivity contribution in [3.05, 3.63) is 18.5 Å². The minimum absolute atomic E-state index is 0.121. The first-order chi connectivity index (χ1) is 8.65. The molecule has 18 heavy (non-hydrogen) atoms. The predicted octanol–water partition coefficient (Wildman–Crippen LogP) is 2.12. The molecule has 1 heterocycles. The van der Waals surface area contributed by atoms with E-state index in [9.17, 15) is 4.79 Å². The lowest BCUT2D eigenvalue weighted by atomic mass is 9.88. The first-order valence-corrected chi connectivity index (χ1v) is 6.84. The Labute approximate surface area is 114 Å². The Balaban J connectivity index is 2.04. The van der Waals surface area contributed by atoms with E-state index < -0.39 is 10.5 Å². The monoisotopic (exact) mass is 310 g/mol. The van der Waals surface area contributed by atoms with Gasteiger partial charge in [-0.1, -0.05) is 35.2 Å². The van der Waals surface area contributed by atoms with Crippen molar-refractivity contribution in [2.24, 2.45) is 0 Å². The number of rotatable bonds is 3. The largest absolute Gasteiger partial charge is 0.321 e. The second-order valence-corrected chi connectivity index (χ2v) is 6.04. The van der Waals surface area contributed by atoms with E-state index >= 15 is 0 Å². The van der Waals surface area contributed by atoms with Gasteiger partial charge in [0.15, 0.2) is 0 Å². The number of nitriles is 1. The maximum absolute atomic E-state index is 12.2. The van der Waals surface area contributed by atoms with Crippen molar-refractivity contribution < 1.29 is 4.79 Å². The van der Waals surface area contributed by atoms with Crippen LogP contribution in [0.5, 0.6) is 0 Å². The lowest BCUT2D eigenvalue weighted by Gasteiger charge is -2.30. The molecule has 5 nitrogen and oxygen atoms in total. The van der Waals surface area contributed by atoms with Gasteiger partial charge in [0, 0.05) is 12.4 Å². The first kappa shape index (κ1) is 13.1. The van der Waals surface area contributed by atoms with Gasteiger partial charge in [-0.15, -0.1) is 0 Å². The summed E-state index contributed by atoms with van der Waals surface area (Å²) in [5.74, 6) is -0.121. The van der Waals surface area contributed by atoms with Crippen molar-refractivity contribution in [2.45, 2.75) is 42.6 Å². The molecule has 1 aromatic rings. The van der Waals surface area contributed by atoms with Gasteiger partial charge in [-0.3, -0.25) is 4.79 Å². The summed E-state index contributed by atoms with van der Waals surface area (Å²) in [6.07, 6.45) is 7.38. The van der Waals surface area contributed by atoms with Gasteiger partial charge in [0.05, 0.1) is 0 Å². The molecule has 1 atom stereocenters. The van der Waals surface area contributed by atoms with E-state index in [0.717, 1.165) is 25.7 Å². The van der Waals surface area contributed by atoms with E-state index in [0.29, 0.717) is 0 Å². The van der Waals surface area contributed by atoms with Crippen LogP contribution in [0.2, 0.25) is 0 Å². The van der Waals surface area contributed by atoms with E-state index in [-0.39, 0.29) is 5.91 Å². The molecule has 1 fully saturated rings. The third-order valence-corrected chi connectivity index (χ3v) is 4.39. The average molecular weight is 311 g/mol. The van der Waals surface area contributed by atoms with Crippen LogP contribution in [0.1, 0.15) is 38.3 Å². The highest BCUT2D eigenvalue weighted by molar-refractivity contribution is 9.10. The quantitative estimate of drug-likeness (QED) is 0.869. The van der Waals surface area contributed by atoms with Crippen LogP contribution in [0.4, 0.5) is 0 Å². The van der Waals surface area contributed by atoms with Crippen LogP contribution in [-0.2, 0) is 4.79 Å². The lowest BCUT2D eigenvalue weighted by Crippen LogP contribution is -2.45. The van der Waals surface area contributed by atoms with E-state index in [2.05, 4.69) is 26.3 Å². The van der Waals surface area contributed by atoms with Gasteiger partial charge < -0.3 is 5.32 Å². The minimum atomic E-state index is -0.746. The Morgan fingerprint density at radius 2 is 2.22 bits per heavy atom. The molecule has 2 rings (SSSR count). The number of amides is 1. The van der Waals surface area contributed by atoms with E-state index in [1.807, 2.05) is 6.07 Å². The summed E-state index contributed by atoms with van der Waals surface area (Å²) in [4.78, 5) is 12.2. The molecule has 0 aromatic carbocycles. The van der Waals surface area contributed by atoms with Crippen LogP contribution in [-0.4, -0.2) is 20.0 Å². The van der Waals surface area contributed by atoms with Crippen molar-refractivity contribution in [1.29, 1.82) is 5.26 Å². The topological polar surface area (TPSA) is 70.7 Å². The fraction of sp³-hybridized carbons (Fsp3) is 0.583. The van der Waals surface area contributed by atoms with Gasteiger partial charge in [0.25, 0.3) is 0 Å². The summed E-state index contributed by atoms with van der Waals surface area (Å²) in [5, 5.41) is 15.8. The Hall–Kier alpha value is -1.35. The number of nitrogens with one attached hydrogen (secondary N) is 1. The summed E-state index contributed by atoms with van der Waals surface area (Å²) in [5.41, 5.74) is 0. The zero-order chi connectivity index (χ0) is 13.0. The number of hydrogen-bond acceptors (Lipinski definition) is 3. The van der Waals surface area contributed by atoms with Gasteiger partial charge >= 0.3 is 0 Å². The zero-order valence-corrected chi connectivity index (χ0v) is 11.6. The summed E-state index contributed by atoms with van der Waals surface area (Å²) in [6.45, 7) is 0. The number of halogens is 1. The third-order valence-electron chi connectivity index (χ3n) is 3.23. The minimum Gasteiger partial charge on any atom is -0.321 e. The molecule has 1 aliphatic rings. The predicted molar refractivity (Wildman–Crippen MR) is 69.8 cm³/mol. The molecule has 1 aromatic heterocycles. The Bertz CT molecular complexity index is 445. The van der Waals surface area contributed by atoms with E-state index in [4.69, 9.17) is 5.26 Å². The summed E-state index contributed by atoms with van der Waals surface area (Å²) in [6, 6.07) is 3.76. The lowest BCUT2D eigenvalue weighted by molar-refractivity contribution is -0.125. The number of carbonyl (C=O) groups excluding carboxylic acids is 1. The van der Waals surface area contributed by atoms with Crippen LogP contribution in [0.25, 0.3) is 0 Å². The molecule has 1 unspecified atom stereocenters. The van der Waals surface area contributed by atoms with Gasteiger partial charge in [0.2, 0.25) is 12.1 Å². The number of hydrogen-bond donors (Lipinski definition) is 1. The molecule has 0 radical (unpaired) electrons. The van der Waals surface area contributed by atoms with Gasteiger partial charge in [-0.25, -0.2) is 4.68 Å². The summed E-state index contributed by atoms with van der Waals surface area (Å²) >= 11 is 3.53. The Morgan fingerprint density at radius 3 is 2.78 bits per heavy atom. The van der Waals surface area contributed by atoms with E-state index in [1.165, 1.54) is 11.1 Å². The normalized spacial score (nSPS) is 19.8. The average Bonchev–Trinajstić information content (AvgIpc) is 2.90. The maximum atomic E-state index is 12.2. The van der Waals surface area contributed by atoms with Crippen molar-refractivity contribution >= 4 is 21.8 Å². The molecule has 0 aliphatic heterocycles. The van der Waals surface area contributed by atoms with Gasteiger partial charge in [0.1, 0.15) is 10.4 Å². The van der Waals surface area contributed by atoms with Gasteiger partial charge in [-0.05, 0) is 18.9 Å². The molecular weight excluding hydrogens is 296 g/mol. The molecule has 1 amide bonds. The van der Waals surface area contributed by atoms with Crippen molar-refractivity contribution in [2.75, 3.05) is 0 Å². The van der Waals surface area contributed by atoms with Crippen LogP contribution in [0.15, 0.2) is 18.5 Å². The fourth-order valence-corrected chi connectivity index (χ4v) is 2.86. The highest BCUT2D eigenvalue weighted by atomic mass is 79.9. The molecule has 1 N–H and O–H groups in total. The van der Waals surface area contributed by atoms with Crippen LogP contribution in [0.3, 0.4) is 0 Å². The first-order valence-electron chi connectivity index (χ1n) is 6.04. The Kier molecular flexibility index (Phi) is 4.02. The molecule has 6 heteroatoms. The molecule has 0 spiro atoms. The molecule has 96 valence electrons. The molecule has 0 bridgehead atoms. The third kappa shape index (κ3) is 2.72. The molecular formula is C12H15BrN4O. The smallest absolute Gasteiger partial charge is 0.239 e. The van der Waals surface area contributed by atoms with Crippen molar-refractivity contribution in [3.8, 4) is 6.07 Å². The fourth-order valence-electron chi connectivity index (χ4n) is 2.18. The maximum Gasteiger partial charge on any atom is 0.239 e. The van der Waals surface area contributed by atoms with Crippen molar-refractivity contribution in [3.63, 3.8) is 0 Å². The summed E-state index contributed by atoms with van der Waals surface area (Å²) < 4.78 is 0.921. The number of aromatic nitrogens is 2. The van der Waals surface area contributed by atoms with Crippen LogP contribution in [0, 0.1) is 11.3 Å². The number of alkyl halides is 1. The standard InChI is InChI=1S/C12H15BrN4O/c13-12(5-2-1-3-6-12)11(18)16-10(9-14)17-8-4-7-15-17/h4,7-8,10H,1-3,5-6H2,(H,16,18). The number of nitrogens with zero attached hydrogens (tertiary/aromatic N) is 3. The SMILES string of the molecule is N#CC(NC(=O)C1(Br)CCCCC1)n1cccn1. The zero-order valence-electron chi connectivity index (χ0n) is 9.97. The molecule has 1 aliphatic carbocycles. The number of carbonyl (C=O) groups is 1. The Morgan fingerprint density at radius 1 is 1.50 bits per heavy atom. The van der Waals surface area contributed by atoms with E-state index in [1.54, 1.807) is 18.5 Å². The van der Waals surface area contributed by atoms with Gasteiger partial charge in [-0.2, -0.15) is 10.4 Å². The highest BCUT2D eigenvalue weighted by Gasteiger charge is 2.37. The summed E-state index contributed by atoms with van der Waals surface area (Å²) in [7, 11) is 0. The van der Waals surface area contributed by atoms with Crippen LogP contribution >= 0.6 is 15.9 Å². The second-order valence-electron chi connectivity index (χ2n) is 4.52. The highest BCUT2D eigenvalue weighted by Crippen LogP contribution is 2.36. The second kappa shape index (κ2) is 5.53.